The van der Waals surface area contributed by atoms with Crippen molar-refractivity contribution in [3.05, 3.63) is 22.7 Å². The number of likely N-dealkylation sites (tertiary alicyclic amines) is 1. The summed E-state index contributed by atoms with van der Waals surface area (Å²) in [5, 5.41) is 12.6. The summed E-state index contributed by atoms with van der Waals surface area (Å²) in [5.74, 6) is -0.252. The monoisotopic (exact) mass is 398 g/mol. The Kier molecular flexibility index (Phi) is 6.95. The molecule has 1 saturated heterocycles. The summed E-state index contributed by atoms with van der Waals surface area (Å²) < 4.78 is 5.81. The van der Waals surface area contributed by atoms with E-state index in [0.29, 0.717) is 32.4 Å². The molecule has 0 saturated carbocycles. The van der Waals surface area contributed by atoms with Crippen LogP contribution in [0, 0.1) is 5.92 Å². The predicted octanol–water partition coefficient (Wildman–Crippen LogP) is 2.38. The van der Waals surface area contributed by atoms with Gasteiger partial charge >= 0.3 is 5.97 Å². The van der Waals surface area contributed by atoms with Gasteiger partial charge in [-0.1, -0.05) is 25.4 Å². The van der Waals surface area contributed by atoms with Crippen molar-refractivity contribution in [1.82, 2.24) is 5.32 Å². The van der Waals surface area contributed by atoms with Crippen LogP contribution >= 0.6 is 11.6 Å². The fourth-order valence-corrected chi connectivity index (χ4v) is 4.07. The number of anilines is 1. The van der Waals surface area contributed by atoms with Gasteiger partial charge in [0.05, 0.1) is 43.0 Å². The number of halogens is 1. The average molecular weight is 399 g/mol. The molecule has 0 aromatic heterocycles. The second-order valence-electron chi connectivity index (χ2n) is 7.74. The molecule has 0 unspecified atom stereocenters. The number of methoxy groups -OCH3 is 1. The van der Waals surface area contributed by atoms with Crippen LogP contribution < -0.4 is 15.8 Å². The van der Waals surface area contributed by atoms with E-state index in [2.05, 4.69) is 19.2 Å². The number of benzene rings is 1. The van der Waals surface area contributed by atoms with Crippen LogP contribution in [0.5, 0.6) is 5.75 Å². The van der Waals surface area contributed by atoms with E-state index >= 15 is 0 Å². The zero-order valence-electron chi connectivity index (χ0n) is 16.1. The number of carboxylic acid groups (broad SMARTS) is 1. The molecular formula is C19H29ClN3O4+. The Morgan fingerprint density at radius 3 is 2.52 bits per heavy atom. The minimum absolute atomic E-state index is 0.00857. The smallest absolute Gasteiger partial charge is 0.359 e. The van der Waals surface area contributed by atoms with Gasteiger partial charge in [-0.25, -0.2) is 4.79 Å². The van der Waals surface area contributed by atoms with Crippen molar-refractivity contribution < 1.29 is 23.9 Å². The molecule has 1 heterocycles. The van der Waals surface area contributed by atoms with Crippen molar-refractivity contribution in [1.29, 1.82) is 0 Å². The second-order valence-corrected chi connectivity index (χ2v) is 8.15. The summed E-state index contributed by atoms with van der Waals surface area (Å²) in [4.78, 5) is 24.0. The first-order valence-electron chi connectivity index (χ1n) is 9.16. The second kappa shape index (κ2) is 8.80. The number of rotatable bonds is 7. The molecule has 0 radical (unpaired) electrons. The lowest BCUT2D eigenvalue weighted by Gasteiger charge is -2.43. The molecule has 2 rings (SSSR count). The molecule has 1 amide bonds. The molecule has 0 bridgehead atoms. The standard InChI is InChI=1S/C19H28ClN3O4/c1-12(2)10-23(11-18(24)25)6-4-13(5-7-23)22-19(26)14-8-15(20)16(21)9-17(14)27-3/h8-9,12-13H,4-7,10-11H2,1-3H3,(H3-,21,22,24,25,26)/p+1. The van der Waals surface area contributed by atoms with Gasteiger partial charge in [0.1, 0.15) is 5.75 Å². The van der Waals surface area contributed by atoms with Gasteiger partial charge in [-0.3, -0.25) is 4.79 Å². The summed E-state index contributed by atoms with van der Waals surface area (Å²) in [6, 6.07) is 3.04. The summed E-state index contributed by atoms with van der Waals surface area (Å²) in [5.41, 5.74) is 6.46. The Morgan fingerprint density at radius 1 is 1.37 bits per heavy atom. The fourth-order valence-electron chi connectivity index (χ4n) is 3.91. The zero-order valence-corrected chi connectivity index (χ0v) is 16.9. The molecular weight excluding hydrogens is 370 g/mol. The van der Waals surface area contributed by atoms with Gasteiger partial charge in [-0.05, 0) is 6.07 Å². The van der Waals surface area contributed by atoms with Gasteiger partial charge in [0.2, 0.25) is 0 Å². The van der Waals surface area contributed by atoms with E-state index in [4.69, 9.17) is 22.1 Å². The van der Waals surface area contributed by atoms with Crippen molar-refractivity contribution in [3.8, 4) is 5.75 Å². The fraction of sp³-hybridized carbons (Fsp3) is 0.579. The molecule has 1 aliphatic heterocycles. The number of nitrogens with one attached hydrogen (secondary N) is 1. The van der Waals surface area contributed by atoms with Crippen LogP contribution in [0.15, 0.2) is 12.1 Å². The number of nitrogens with zero attached hydrogens (tertiary/aromatic N) is 1. The topological polar surface area (TPSA) is 102 Å². The molecule has 7 nitrogen and oxygen atoms in total. The molecule has 0 atom stereocenters. The third kappa shape index (κ3) is 5.49. The third-order valence-electron chi connectivity index (χ3n) is 5.03. The number of carboxylic acids is 1. The predicted molar refractivity (Wildman–Crippen MR) is 105 cm³/mol. The number of hydrogen-bond donors (Lipinski definition) is 3. The lowest BCUT2D eigenvalue weighted by molar-refractivity contribution is -0.928. The van der Waals surface area contributed by atoms with Crippen molar-refractivity contribution in [2.45, 2.75) is 32.7 Å². The summed E-state index contributed by atoms with van der Waals surface area (Å²) in [6.45, 7) is 6.62. The van der Waals surface area contributed by atoms with Gasteiger partial charge in [0.25, 0.3) is 5.91 Å². The molecule has 1 aliphatic rings. The number of carbonyl (C=O) groups is 2. The number of carbonyl (C=O) groups excluding carboxylic acids is 1. The highest BCUT2D eigenvalue weighted by molar-refractivity contribution is 6.33. The molecule has 8 heteroatoms. The molecule has 4 N–H and O–H groups in total. The molecule has 1 aromatic rings. The highest BCUT2D eigenvalue weighted by Crippen LogP contribution is 2.29. The molecule has 0 spiro atoms. The van der Waals surface area contributed by atoms with E-state index in [-0.39, 0.29) is 18.5 Å². The van der Waals surface area contributed by atoms with Crippen LogP contribution in [0.2, 0.25) is 5.02 Å². The van der Waals surface area contributed by atoms with E-state index in [9.17, 15) is 14.7 Å². The van der Waals surface area contributed by atoms with E-state index in [0.717, 1.165) is 32.5 Å². The maximum atomic E-state index is 12.7. The molecule has 1 fully saturated rings. The summed E-state index contributed by atoms with van der Waals surface area (Å²) in [6.07, 6.45) is 1.47. The minimum Gasteiger partial charge on any atom is -0.496 e. The van der Waals surface area contributed by atoms with Gasteiger partial charge in [-0.2, -0.15) is 0 Å². The maximum Gasteiger partial charge on any atom is 0.359 e. The Morgan fingerprint density at radius 2 is 2.00 bits per heavy atom. The van der Waals surface area contributed by atoms with E-state index in [1.54, 1.807) is 0 Å². The van der Waals surface area contributed by atoms with E-state index in [1.807, 2.05) is 0 Å². The van der Waals surface area contributed by atoms with Gasteiger partial charge in [0, 0.05) is 30.9 Å². The lowest BCUT2D eigenvalue weighted by Crippen LogP contribution is -2.59. The molecule has 1 aromatic carbocycles. The van der Waals surface area contributed by atoms with Crippen LogP contribution in [0.25, 0.3) is 0 Å². The van der Waals surface area contributed by atoms with Gasteiger partial charge in [0.15, 0.2) is 6.54 Å². The average Bonchev–Trinajstić information content (AvgIpc) is 2.57. The first kappa shape index (κ1) is 21.3. The number of hydrogen-bond acceptors (Lipinski definition) is 4. The van der Waals surface area contributed by atoms with E-state index < -0.39 is 5.97 Å². The van der Waals surface area contributed by atoms with Crippen LogP contribution in [0.3, 0.4) is 0 Å². The molecule has 0 aliphatic carbocycles. The Bertz CT molecular complexity index is 700. The molecule has 150 valence electrons. The minimum atomic E-state index is -0.778. The largest absolute Gasteiger partial charge is 0.496 e. The number of nitrogens with two attached hydrogens (primary N) is 1. The number of amides is 1. The van der Waals surface area contributed by atoms with E-state index in [1.165, 1.54) is 19.2 Å². The summed E-state index contributed by atoms with van der Waals surface area (Å²) in [7, 11) is 1.48. The van der Waals surface area contributed by atoms with Crippen molar-refractivity contribution in [2.75, 3.05) is 39.0 Å². The van der Waals surface area contributed by atoms with Crippen LogP contribution in [0.1, 0.15) is 37.0 Å². The highest BCUT2D eigenvalue weighted by Gasteiger charge is 2.37. The Balaban J connectivity index is 2.05. The number of ether oxygens (including phenoxy) is 1. The van der Waals surface area contributed by atoms with Crippen molar-refractivity contribution in [2.24, 2.45) is 5.92 Å². The number of quaternary nitrogens is 1. The number of aliphatic carboxylic acids is 1. The van der Waals surface area contributed by atoms with Crippen molar-refractivity contribution in [3.63, 3.8) is 0 Å². The SMILES string of the molecule is COc1cc(N)c(Cl)cc1C(=O)NC1CC[N+](CC(=O)O)(CC(C)C)CC1. The van der Waals surface area contributed by atoms with Gasteiger partial charge in [-0.15, -0.1) is 0 Å². The Labute approximate surface area is 165 Å². The highest BCUT2D eigenvalue weighted by atomic mass is 35.5. The van der Waals surface area contributed by atoms with Crippen LogP contribution in [-0.2, 0) is 4.79 Å². The maximum absolute atomic E-state index is 12.7. The number of piperidine rings is 1. The number of nitrogen functional groups attached to an aromatic ring is 1. The summed E-state index contributed by atoms with van der Waals surface area (Å²) >= 11 is 6.05. The zero-order chi connectivity index (χ0) is 20.2. The molecule has 27 heavy (non-hydrogen) atoms. The normalized spacial score (nSPS) is 22.5. The lowest BCUT2D eigenvalue weighted by atomic mass is 9.99. The van der Waals surface area contributed by atoms with Crippen molar-refractivity contribution >= 4 is 29.2 Å². The first-order valence-corrected chi connectivity index (χ1v) is 9.54. The van der Waals surface area contributed by atoms with Crippen LogP contribution in [0.4, 0.5) is 5.69 Å². The Hall–Kier alpha value is -1.99. The first-order chi connectivity index (χ1) is 12.7. The quantitative estimate of drug-likeness (QED) is 0.483. The van der Waals surface area contributed by atoms with Crippen LogP contribution in [-0.4, -0.2) is 60.8 Å². The third-order valence-corrected chi connectivity index (χ3v) is 5.35. The van der Waals surface area contributed by atoms with Gasteiger partial charge < -0.3 is 25.4 Å².